The molecule has 1 amide bonds. The topological polar surface area (TPSA) is 55.8 Å². The molecule has 1 spiro atoms. The van der Waals surface area contributed by atoms with Gasteiger partial charge in [-0.25, -0.2) is 4.79 Å². The largest absolute Gasteiger partial charge is 0.461 e. The number of rotatable bonds is 3. The fourth-order valence-corrected chi connectivity index (χ4v) is 3.52. The molecule has 0 aromatic heterocycles. The van der Waals surface area contributed by atoms with Crippen molar-refractivity contribution in [1.82, 2.24) is 4.90 Å². The smallest absolute Gasteiger partial charge is 0.410 e. The SMILES string of the molecule is CC(C)(C)OC(=O)N1CCC2(CC1)C[C@H]2C(=O)OCc1ccccc1. The van der Waals surface area contributed by atoms with Crippen LogP contribution in [0.25, 0.3) is 0 Å². The van der Waals surface area contributed by atoms with Gasteiger partial charge in [-0.3, -0.25) is 4.79 Å². The Morgan fingerprint density at radius 2 is 1.80 bits per heavy atom. The lowest BCUT2D eigenvalue weighted by atomic mass is 9.91. The van der Waals surface area contributed by atoms with Crippen molar-refractivity contribution in [2.45, 2.75) is 52.2 Å². The fraction of sp³-hybridized carbons (Fsp3) is 0.600. The van der Waals surface area contributed by atoms with Crippen LogP contribution in [0.5, 0.6) is 0 Å². The lowest BCUT2D eigenvalue weighted by Gasteiger charge is -2.34. The molecule has 136 valence electrons. The Balaban J connectivity index is 1.45. The van der Waals surface area contributed by atoms with Gasteiger partial charge in [-0.05, 0) is 51.0 Å². The Hall–Kier alpha value is -2.04. The molecule has 25 heavy (non-hydrogen) atoms. The van der Waals surface area contributed by atoms with Crippen LogP contribution >= 0.6 is 0 Å². The van der Waals surface area contributed by atoms with Crippen molar-refractivity contribution in [3.8, 4) is 0 Å². The number of esters is 1. The molecule has 1 aromatic carbocycles. The van der Waals surface area contributed by atoms with E-state index in [4.69, 9.17) is 9.47 Å². The normalized spacial score (nSPS) is 21.7. The number of nitrogens with zero attached hydrogens (tertiary/aromatic N) is 1. The van der Waals surface area contributed by atoms with E-state index in [9.17, 15) is 9.59 Å². The van der Waals surface area contributed by atoms with E-state index in [1.807, 2.05) is 51.1 Å². The zero-order valence-corrected chi connectivity index (χ0v) is 15.3. The number of amides is 1. The van der Waals surface area contributed by atoms with Gasteiger partial charge in [0.2, 0.25) is 0 Å². The van der Waals surface area contributed by atoms with Gasteiger partial charge in [0.25, 0.3) is 0 Å². The van der Waals surface area contributed by atoms with Crippen molar-refractivity contribution in [2.75, 3.05) is 13.1 Å². The van der Waals surface area contributed by atoms with E-state index in [-0.39, 0.29) is 23.4 Å². The number of likely N-dealkylation sites (tertiary alicyclic amines) is 1. The summed E-state index contributed by atoms with van der Waals surface area (Å²) in [7, 11) is 0. The van der Waals surface area contributed by atoms with Crippen molar-refractivity contribution in [3.63, 3.8) is 0 Å². The Morgan fingerprint density at radius 3 is 2.40 bits per heavy atom. The minimum atomic E-state index is -0.477. The summed E-state index contributed by atoms with van der Waals surface area (Å²) in [6.07, 6.45) is 2.31. The molecule has 1 aliphatic carbocycles. The van der Waals surface area contributed by atoms with Crippen molar-refractivity contribution in [2.24, 2.45) is 11.3 Å². The first-order valence-corrected chi connectivity index (χ1v) is 8.98. The van der Waals surface area contributed by atoms with Gasteiger partial charge in [0.15, 0.2) is 0 Å². The molecule has 1 heterocycles. The maximum Gasteiger partial charge on any atom is 0.410 e. The van der Waals surface area contributed by atoms with Crippen molar-refractivity contribution >= 4 is 12.1 Å². The number of carbonyl (C=O) groups is 2. The van der Waals surface area contributed by atoms with E-state index >= 15 is 0 Å². The predicted molar refractivity (Wildman–Crippen MR) is 93.8 cm³/mol. The van der Waals surface area contributed by atoms with Gasteiger partial charge in [-0.1, -0.05) is 30.3 Å². The van der Waals surface area contributed by atoms with Crippen molar-refractivity contribution in [1.29, 1.82) is 0 Å². The second-order valence-corrected chi connectivity index (χ2v) is 8.18. The third-order valence-electron chi connectivity index (χ3n) is 5.11. The van der Waals surface area contributed by atoms with Crippen LogP contribution in [-0.4, -0.2) is 35.7 Å². The van der Waals surface area contributed by atoms with Gasteiger partial charge >= 0.3 is 12.1 Å². The summed E-state index contributed by atoms with van der Waals surface area (Å²) in [6, 6.07) is 9.73. The Kier molecular flexibility index (Phi) is 4.76. The first-order chi connectivity index (χ1) is 11.8. The first kappa shape index (κ1) is 17.8. The molecule has 1 aromatic rings. The number of hydrogen-bond acceptors (Lipinski definition) is 4. The molecule has 1 aliphatic heterocycles. The zero-order chi connectivity index (χ0) is 18.1. The second kappa shape index (κ2) is 6.70. The van der Waals surface area contributed by atoms with Crippen LogP contribution in [0.4, 0.5) is 4.79 Å². The standard InChI is InChI=1S/C20H27NO4/c1-19(2,3)25-18(23)21-11-9-20(10-12-21)13-16(20)17(22)24-14-15-7-5-4-6-8-15/h4-8,16H,9-14H2,1-3H3/t16-/m0/s1. The number of piperidine rings is 1. The van der Waals surface area contributed by atoms with Gasteiger partial charge in [0.05, 0.1) is 5.92 Å². The van der Waals surface area contributed by atoms with Crippen LogP contribution in [0.1, 0.15) is 45.6 Å². The highest BCUT2D eigenvalue weighted by Gasteiger charge is 2.59. The quantitative estimate of drug-likeness (QED) is 0.783. The number of carbonyl (C=O) groups excluding carboxylic acids is 2. The van der Waals surface area contributed by atoms with E-state index in [0.29, 0.717) is 19.7 Å². The number of ether oxygens (including phenoxy) is 2. The monoisotopic (exact) mass is 345 g/mol. The molecule has 2 aliphatic rings. The molecule has 0 N–H and O–H groups in total. The van der Waals surface area contributed by atoms with Gasteiger partial charge in [-0.15, -0.1) is 0 Å². The van der Waals surface area contributed by atoms with Crippen molar-refractivity contribution in [3.05, 3.63) is 35.9 Å². The molecule has 1 atom stereocenters. The van der Waals surface area contributed by atoms with E-state index in [2.05, 4.69) is 0 Å². The Bertz CT molecular complexity index is 627. The minimum absolute atomic E-state index is 0.0167. The summed E-state index contributed by atoms with van der Waals surface area (Å²) in [5, 5.41) is 0. The van der Waals surface area contributed by atoms with Crippen LogP contribution < -0.4 is 0 Å². The Morgan fingerprint density at radius 1 is 1.16 bits per heavy atom. The molecule has 1 saturated heterocycles. The van der Waals surface area contributed by atoms with Crippen LogP contribution in [0.3, 0.4) is 0 Å². The lowest BCUT2D eigenvalue weighted by Crippen LogP contribution is -2.42. The molecule has 1 saturated carbocycles. The maximum atomic E-state index is 12.3. The summed E-state index contributed by atoms with van der Waals surface area (Å²) in [6.45, 7) is 7.24. The summed E-state index contributed by atoms with van der Waals surface area (Å²) in [4.78, 5) is 26.2. The van der Waals surface area contributed by atoms with Crippen LogP contribution in [0.15, 0.2) is 30.3 Å². The number of hydrogen-bond donors (Lipinski definition) is 0. The predicted octanol–water partition coefficient (Wildman–Crippen LogP) is 3.77. The van der Waals surface area contributed by atoms with Crippen LogP contribution in [0, 0.1) is 11.3 Å². The van der Waals surface area contributed by atoms with Gasteiger partial charge in [0, 0.05) is 13.1 Å². The highest BCUT2D eigenvalue weighted by atomic mass is 16.6. The maximum absolute atomic E-state index is 12.3. The average molecular weight is 345 g/mol. The summed E-state index contributed by atoms with van der Waals surface area (Å²) in [5.41, 5.74) is 0.562. The van der Waals surface area contributed by atoms with E-state index in [1.54, 1.807) is 4.90 Å². The first-order valence-electron chi connectivity index (χ1n) is 8.98. The van der Waals surface area contributed by atoms with E-state index < -0.39 is 5.60 Å². The van der Waals surface area contributed by atoms with Crippen LogP contribution in [0.2, 0.25) is 0 Å². The molecule has 5 nitrogen and oxygen atoms in total. The molecule has 3 rings (SSSR count). The molecule has 2 fully saturated rings. The summed E-state index contributed by atoms with van der Waals surface area (Å²) >= 11 is 0. The number of benzene rings is 1. The molecule has 0 bridgehead atoms. The van der Waals surface area contributed by atoms with E-state index in [0.717, 1.165) is 24.8 Å². The summed E-state index contributed by atoms with van der Waals surface area (Å²) < 4.78 is 10.9. The molecule has 0 unspecified atom stereocenters. The highest BCUT2D eigenvalue weighted by Crippen LogP contribution is 2.59. The fourth-order valence-electron chi connectivity index (χ4n) is 3.52. The minimum Gasteiger partial charge on any atom is -0.461 e. The van der Waals surface area contributed by atoms with Crippen molar-refractivity contribution < 1.29 is 19.1 Å². The van der Waals surface area contributed by atoms with Crippen LogP contribution in [-0.2, 0) is 20.9 Å². The molecule has 5 heteroatoms. The molecule has 0 radical (unpaired) electrons. The lowest BCUT2D eigenvalue weighted by molar-refractivity contribution is -0.147. The second-order valence-electron chi connectivity index (χ2n) is 8.18. The molecular weight excluding hydrogens is 318 g/mol. The van der Waals surface area contributed by atoms with E-state index in [1.165, 1.54) is 0 Å². The van der Waals surface area contributed by atoms with Gasteiger partial charge < -0.3 is 14.4 Å². The van der Waals surface area contributed by atoms with Gasteiger partial charge in [-0.2, -0.15) is 0 Å². The third-order valence-corrected chi connectivity index (χ3v) is 5.11. The van der Waals surface area contributed by atoms with Gasteiger partial charge in [0.1, 0.15) is 12.2 Å². The average Bonchev–Trinajstić information content (AvgIpc) is 3.26. The Labute approximate surface area is 149 Å². The zero-order valence-electron chi connectivity index (χ0n) is 15.3. The third kappa shape index (κ3) is 4.33. The molecular formula is C20H27NO4. The summed E-state index contributed by atoms with van der Waals surface area (Å²) in [5.74, 6) is -0.119. The highest BCUT2D eigenvalue weighted by molar-refractivity contribution is 5.77.